The number of hydrogen-bond acceptors (Lipinski definition) is 7. The van der Waals surface area contributed by atoms with Gasteiger partial charge in [-0.3, -0.25) is 14.5 Å². The average molecular weight is 514 g/mol. The van der Waals surface area contributed by atoms with Crippen LogP contribution < -0.4 is 19.1 Å². The first-order valence-corrected chi connectivity index (χ1v) is 11.9. The number of ketones is 1. The first-order chi connectivity index (χ1) is 18.3. The summed E-state index contributed by atoms with van der Waals surface area (Å²) in [6.07, 6.45) is 0. The number of anilines is 1. The van der Waals surface area contributed by atoms with Crippen LogP contribution >= 0.6 is 0 Å². The number of H-pyrrole nitrogens is 1. The average Bonchev–Trinajstić information content (AvgIpc) is 3.45. The van der Waals surface area contributed by atoms with Crippen molar-refractivity contribution in [3.8, 4) is 17.2 Å². The number of aliphatic hydroxyl groups excluding tert-OH is 1. The van der Waals surface area contributed by atoms with E-state index in [9.17, 15) is 14.7 Å². The zero-order valence-corrected chi connectivity index (χ0v) is 21.7. The molecule has 3 aromatic carbocycles. The van der Waals surface area contributed by atoms with Crippen molar-refractivity contribution in [1.82, 2.24) is 9.97 Å². The lowest BCUT2D eigenvalue weighted by atomic mass is 9.95. The Bertz CT molecular complexity index is 1560. The van der Waals surface area contributed by atoms with Crippen LogP contribution in [-0.2, 0) is 9.59 Å². The number of aryl methyl sites for hydroxylation is 2. The van der Waals surface area contributed by atoms with Crippen LogP contribution in [0.1, 0.15) is 28.3 Å². The van der Waals surface area contributed by atoms with Crippen LogP contribution in [0.15, 0.2) is 60.2 Å². The fraction of sp³-hybridized carbons (Fsp3) is 0.207. The molecular weight excluding hydrogens is 486 g/mol. The molecule has 0 spiro atoms. The second kappa shape index (κ2) is 9.59. The highest BCUT2D eigenvalue weighted by Crippen LogP contribution is 2.43. The van der Waals surface area contributed by atoms with Gasteiger partial charge in [0.2, 0.25) is 5.95 Å². The second-order valence-corrected chi connectivity index (χ2v) is 9.02. The molecule has 0 saturated carbocycles. The number of imidazole rings is 1. The molecule has 4 aromatic rings. The summed E-state index contributed by atoms with van der Waals surface area (Å²) in [4.78, 5) is 36.2. The molecule has 0 bridgehead atoms. The van der Waals surface area contributed by atoms with Crippen LogP contribution in [0.3, 0.4) is 0 Å². The summed E-state index contributed by atoms with van der Waals surface area (Å²) in [7, 11) is 4.50. The van der Waals surface area contributed by atoms with Gasteiger partial charge in [0.1, 0.15) is 23.0 Å². The Morgan fingerprint density at radius 3 is 2.21 bits per heavy atom. The largest absolute Gasteiger partial charge is 0.507 e. The van der Waals surface area contributed by atoms with Crippen molar-refractivity contribution in [2.45, 2.75) is 19.9 Å². The maximum Gasteiger partial charge on any atom is 0.302 e. The molecule has 38 heavy (non-hydrogen) atoms. The number of nitrogens with zero attached hydrogens (tertiary/aromatic N) is 2. The third-order valence-corrected chi connectivity index (χ3v) is 6.85. The number of amides is 1. The molecule has 9 nitrogen and oxygen atoms in total. The molecule has 1 saturated heterocycles. The van der Waals surface area contributed by atoms with Gasteiger partial charge >= 0.3 is 5.91 Å². The van der Waals surface area contributed by atoms with E-state index < -0.39 is 17.7 Å². The minimum atomic E-state index is -0.973. The van der Waals surface area contributed by atoms with Crippen molar-refractivity contribution >= 4 is 34.4 Å². The molecule has 1 fully saturated rings. The second-order valence-electron chi connectivity index (χ2n) is 9.02. The number of benzene rings is 3. The van der Waals surface area contributed by atoms with Crippen LogP contribution in [0.2, 0.25) is 0 Å². The number of hydrogen-bond donors (Lipinski definition) is 2. The Morgan fingerprint density at radius 2 is 1.55 bits per heavy atom. The minimum Gasteiger partial charge on any atom is -0.507 e. The predicted molar refractivity (Wildman–Crippen MR) is 143 cm³/mol. The van der Waals surface area contributed by atoms with Crippen LogP contribution in [0.25, 0.3) is 16.8 Å². The fourth-order valence-corrected chi connectivity index (χ4v) is 4.67. The number of carbonyl (C=O) groups is 2. The number of carbonyl (C=O) groups excluding carboxylic acids is 2. The van der Waals surface area contributed by atoms with Crippen LogP contribution in [-0.4, -0.2) is 48.1 Å². The van der Waals surface area contributed by atoms with E-state index in [1.54, 1.807) is 49.6 Å². The number of Topliss-reactive ketones (excluding diaryl/α,β-unsaturated/α-hetero) is 1. The normalized spacial score (nSPS) is 16.8. The van der Waals surface area contributed by atoms with Crippen molar-refractivity contribution in [3.63, 3.8) is 0 Å². The quantitative estimate of drug-likeness (QED) is 0.216. The van der Waals surface area contributed by atoms with Gasteiger partial charge in [0.15, 0.2) is 0 Å². The van der Waals surface area contributed by atoms with Crippen LogP contribution in [0.4, 0.5) is 5.95 Å². The summed E-state index contributed by atoms with van der Waals surface area (Å²) in [5.74, 6) is -0.476. The number of aromatic nitrogens is 2. The SMILES string of the molecule is COc1ccc(C2/C(=C(\O)c3cc(OC)ccc3OC)C(=O)C(=O)N2c2nc3cc(C)c(C)cc3[nH]2)cc1. The monoisotopic (exact) mass is 513 g/mol. The van der Waals surface area contributed by atoms with Gasteiger partial charge in [-0.25, -0.2) is 4.98 Å². The van der Waals surface area contributed by atoms with E-state index in [2.05, 4.69) is 9.97 Å². The Morgan fingerprint density at radius 1 is 0.895 bits per heavy atom. The molecule has 2 heterocycles. The Kier molecular flexibility index (Phi) is 6.28. The van der Waals surface area contributed by atoms with Crippen molar-refractivity contribution in [2.24, 2.45) is 0 Å². The van der Waals surface area contributed by atoms with Gasteiger partial charge in [-0.05, 0) is 73.0 Å². The van der Waals surface area contributed by atoms with E-state index >= 15 is 0 Å². The Balaban J connectivity index is 1.75. The molecule has 1 aliphatic heterocycles. The lowest BCUT2D eigenvalue weighted by Crippen LogP contribution is -2.30. The van der Waals surface area contributed by atoms with E-state index in [1.165, 1.54) is 19.1 Å². The number of methoxy groups -OCH3 is 3. The van der Waals surface area contributed by atoms with Gasteiger partial charge in [-0.1, -0.05) is 12.1 Å². The summed E-state index contributed by atoms with van der Waals surface area (Å²) >= 11 is 0. The van der Waals surface area contributed by atoms with Gasteiger partial charge < -0.3 is 24.3 Å². The molecule has 2 N–H and O–H groups in total. The number of rotatable bonds is 6. The smallest absolute Gasteiger partial charge is 0.302 e. The minimum absolute atomic E-state index is 0.0977. The highest BCUT2D eigenvalue weighted by Gasteiger charge is 2.48. The molecule has 1 aliphatic rings. The maximum absolute atomic E-state index is 13.5. The molecule has 5 rings (SSSR count). The number of nitrogens with one attached hydrogen (secondary N) is 1. The highest BCUT2D eigenvalue weighted by atomic mass is 16.5. The summed E-state index contributed by atoms with van der Waals surface area (Å²) < 4.78 is 16.0. The first kappa shape index (κ1) is 24.9. The molecule has 1 unspecified atom stereocenters. The Hall–Kier alpha value is -4.79. The van der Waals surface area contributed by atoms with Crippen molar-refractivity contribution in [1.29, 1.82) is 0 Å². The summed E-state index contributed by atoms with van der Waals surface area (Å²) in [5, 5.41) is 11.5. The zero-order valence-electron chi connectivity index (χ0n) is 21.7. The zero-order chi connectivity index (χ0) is 27.1. The van der Waals surface area contributed by atoms with E-state index in [4.69, 9.17) is 14.2 Å². The molecule has 9 heteroatoms. The maximum atomic E-state index is 13.5. The van der Waals surface area contributed by atoms with Gasteiger partial charge in [-0.15, -0.1) is 0 Å². The van der Waals surface area contributed by atoms with Crippen molar-refractivity contribution in [2.75, 3.05) is 26.2 Å². The highest BCUT2D eigenvalue weighted by molar-refractivity contribution is 6.51. The topological polar surface area (TPSA) is 114 Å². The predicted octanol–water partition coefficient (Wildman–Crippen LogP) is 4.83. The lowest BCUT2D eigenvalue weighted by Gasteiger charge is -2.23. The number of aromatic amines is 1. The molecule has 1 atom stereocenters. The molecular formula is C29H27N3O6. The molecule has 1 aromatic heterocycles. The molecule has 0 aliphatic carbocycles. The van der Waals surface area contributed by atoms with Gasteiger partial charge in [0.05, 0.1) is 49.5 Å². The third-order valence-electron chi connectivity index (χ3n) is 6.85. The van der Waals surface area contributed by atoms with Crippen molar-refractivity contribution < 1.29 is 28.9 Å². The standard InChI is InChI=1S/C29H27N3O6/c1-15-12-21-22(13-16(15)2)31-29(30-21)32-25(17-6-8-18(36-3)9-7-17)24(27(34)28(32)35)26(33)20-14-19(37-4)10-11-23(20)38-5/h6-14,25,33H,1-5H3,(H,30,31)/b26-24+. The van der Waals surface area contributed by atoms with Crippen LogP contribution in [0.5, 0.6) is 17.2 Å². The molecule has 194 valence electrons. The first-order valence-electron chi connectivity index (χ1n) is 11.9. The van der Waals surface area contributed by atoms with Gasteiger partial charge in [0.25, 0.3) is 5.78 Å². The fourth-order valence-electron chi connectivity index (χ4n) is 4.67. The van der Waals surface area contributed by atoms with E-state index in [-0.39, 0.29) is 22.8 Å². The van der Waals surface area contributed by atoms with E-state index in [1.807, 2.05) is 26.0 Å². The van der Waals surface area contributed by atoms with E-state index in [0.717, 1.165) is 16.6 Å². The van der Waals surface area contributed by atoms with Crippen LogP contribution in [0, 0.1) is 13.8 Å². The number of fused-ring (bicyclic) bond motifs is 1. The number of ether oxygens (including phenoxy) is 3. The third kappa shape index (κ3) is 4.02. The summed E-state index contributed by atoms with van der Waals surface area (Å²) in [5.41, 5.74) is 4.21. The lowest BCUT2D eigenvalue weighted by molar-refractivity contribution is -0.132. The van der Waals surface area contributed by atoms with Gasteiger partial charge in [-0.2, -0.15) is 0 Å². The molecule has 0 radical (unpaired) electrons. The van der Waals surface area contributed by atoms with E-state index in [0.29, 0.717) is 28.3 Å². The van der Waals surface area contributed by atoms with Gasteiger partial charge in [0, 0.05) is 0 Å². The number of aliphatic hydroxyl groups is 1. The summed E-state index contributed by atoms with van der Waals surface area (Å²) in [6, 6.07) is 14.7. The summed E-state index contributed by atoms with van der Waals surface area (Å²) in [6.45, 7) is 3.97. The molecule has 1 amide bonds. The Labute approximate surface area is 219 Å². The van der Waals surface area contributed by atoms with Crippen molar-refractivity contribution in [3.05, 3.63) is 82.4 Å².